The van der Waals surface area contributed by atoms with E-state index in [1.165, 1.54) is 22.7 Å². The lowest BCUT2D eigenvalue weighted by Crippen LogP contribution is -2.38. The number of amides is 1. The van der Waals surface area contributed by atoms with Crippen molar-refractivity contribution >= 4 is 94.6 Å². The fourth-order valence-corrected chi connectivity index (χ4v) is 13.4. The second-order valence-corrected chi connectivity index (χ2v) is 20.9. The summed E-state index contributed by atoms with van der Waals surface area (Å²) in [4.78, 5) is 57.1. The first kappa shape index (κ1) is 45.4. The average molecular weight is 953 g/mol. The molecule has 2 unspecified atom stereocenters. The molecule has 19 heteroatoms. The quantitative estimate of drug-likeness (QED) is 0.0738. The zero-order valence-corrected chi connectivity index (χ0v) is 39.7. The van der Waals surface area contributed by atoms with Crippen LogP contribution in [-0.4, -0.2) is 94.7 Å². The lowest BCUT2D eigenvalue weighted by Gasteiger charge is -2.34. The van der Waals surface area contributed by atoms with Crippen molar-refractivity contribution in [1.29, 1.82) is 0 Å². The van der Waals surface area contributed by atoms with E-state index in [4.69, 9.17) is 34.9 Å². The van der Waals surface area contributed by atoms with Crippen LogP contribution in [0.3, 0.4) is 0 Å². The molecular formula is C47H52N8O8S3. The highest BCUT2D eigenvalue weighted by Gasteiger charge is 2.37. The van der Waals surface area contributed by atoms with Gasteiger partial charge in [-0.2, -0.15) is 4.31 Å². The molecule has 2 aromatic carbocycles. The Kier molecular flexibility index (Phi) is 13.0. The largest absolute Gasteiger partial charge is 0.462 e. The van der Waals surface area contributed by atoms with Crippen molar-refractivity contribution in [2.24, 2.45) is 5.92 Å². The molecule has 66 heavy (non-hydrogen) atoms. The molecule has 0 saturated carbocycles. The summed E-state index contributed by atoms with van der Waals surface area (Å²) in [7, 11) is -1.97. The molecule has 346 valence electrons. The van der Waals surface area contributed by atoms with E-state index in [1.807, 2.05) is 30.3 Å². The summed E-state index contributed by atoms with van der Waals surface area (Å²) >= 11 is 2.59. The van der Waals surface area contributed by atoms with Crippen LogP contribution in [0, 0.1) is 5.92 Å². The van der Waals surface area contributed by atoms with Crippen molar-refractivity contribution < 1.29 is 37.0 Å². The van der Waals surface area contributed by atoms with Crippen LogP contribution in [0.4, 0.5) is 10.8 Å². The van der Waals surface area contributed by atoms with Gasteiger partial charge < -0.3 is 34.4 Å². The summed E-state index contributed by atoms with van der Waals surface area (Å²) in [5.74, 6) is -0.338. The number of carbonyl (C=O) groups is 3. The van der Waals surface area contributed by atoms with Gasteiger partial charge in [0.2, 0.25) is 0 Å². The van der Waals surface area contributed by atoms with Crippen molar-refractivity contribution in [3.05, 3.63) is 92.9 Å². The number of nitrogens with one attached hydrogen (secondary N) is 1. The average Bonchev–Trinajstić information content (AvgIpc) is 4.12. The third-order valence-electron chi connectivity index (χ3n) is 12.8. The maximum Gasteiger partial charge on any atom is 0.341 e. The van der Waals surface area contributed by atoms with Crippen molar-refractivity contribution in [3.8, 4) is 0 Å². The maximum atomic E-state index is 14.5. The first-order valence-corrected chi connectivity index (χ1v) is 25.5. The molecule has 16 nitrogen and oxygen atoms in total. The number of esters is 2. The van der Waals surface area contributed by atoms with Gasteiger partial charge in [0.15, 0.2) is 5.65 Å². The Morgan fingerprint density at radius 2 is 1.67 bits per heavy atom. The predicted molar refractivity (Wildman–Crippen MR) is 255 cm³/mol. The molecule has 2 aliphatic rings. The minimum Gasteiger partial charge on any atom is -0.462 e. The number of aromatic nitrogens is 5. The van der Waals surface area contributed by atoms with Crippen LogP contribution in [0.15, 0.2) is 64.2 Å². The van der Waals surface area contributed by atoms with Gasteiger partial charge >= 0.3 is 11.9 Å². The second-order valence-electron chi connectivity index (χ2n) is 16.6. The summed E-state index contributed by atoms with van der Waals surface area (Å²) in [5, 5.41) is 5.23. The normalized spacial score (nSPS) is 16.5. The topological polar surface area (TPSA) is 203 Å². The predicted octanol–water partition coefficient (Wildman–Crippen LogP) is 8.22. The second kappa shape index (κ2) is 18.9. The van der Waals surface area contributed by atoms with E-state index in [-0.39, 0.29) is 42.5 Å². The Morgan fingerprint density at radius 3 is 2.38 bits per heavy atom. The summed E-state index contributed by atoms with van der Waals surface area (Å²) in [6.07, 6.45) is 3.70. The van der Waals surface area contributed by atoms with Crippen LogP contribution in [0.2, 0.25) is 0 Å². The standard InChI is InChI=1S/C47H52N8O8S3/c1-5-62-46(57)30-15-17-35-34(25-30)51-42(28-18-21-53(22-19-28)66(59,60)37-13-9-24-64-37)55(35)27(3)29-14-16-31-36(26-29)65-45(38(31)47(58)63-6-2)52-44(56)39-40-43(54(41(39)48)20-10-23-61-4)50-33-12-8-7-11-32(33)49-40/h7-9,11-13,15,17,24-25,27-29H,5-6,10,14,16,18-23,26,48H2,1-4H3,(H,52,56). The monoisotopic (exact) mass is 952 g/mol. The molecule has 6 heterocycles. The molecule has 0 bridgehead atoms. The van der Waals surface area contributed by atoms with Gasteiger partial charge in [0.25, 0.3) is 15.9 Å². The number of nitrogens with zero attached hydrogens (tertiary/aromatic N) is 6. The molecule has 0 spiro atoms. The number of rotatable bonds is 15. The first-order valence-electron chi connectivity index (χ1n) is 22.3. The van der Waals surface area contributed by atoms with Gasteiger partial charge in [-0.25, -0.2) is 33.0 Å². The molecule has 5 aromatic heterocycles. The Morgan fingerprint density at radius 1 is 0.924 bits per heavy atom. The summed E-state index contributed by atoms with van der Waals surface area (Å²) in [5.41, 5.74) is 12.2. The highest BCUT2D eigenvalue weighted by Crippen LogP contribution is 2.45. The number of carbonyl (C=O) groups excluding carboxylic acids is 3. The van der Waals surface area contributed by atoms with E-state index in [9.17, 15) is 22.8 Å². The third-order valence-corrected chi connectivity index (χ3v) is 17.2. The third kappa shape index (κ3) is 8.35. The van der Waals surface area contributed by atoms with Crippen LogP contribution in [0.1, 0.15) is 106 Å². The van der Waals surface area contributed by atoms with Crippen molar-refractivity contribution in [2.75, 3.05) is 51.1 Å². The van der Waals surface area contributed by atoms with Crippen LogP contribution >= 0.6 is 22.7 Å². The summed E-state index contributed by atoms with van der Waals surface area (Å²) in [6, 6.07) is 16.2. The number of piperidine rings is 1. The number of methoxy groups -OCH3 is 1. The van der Waals surface area contributed by atoms with Crippen molar-refractivity contribution in [1.82, 2.24) is 28.4 Å². The van der Waals surface area contributed by atoms with E-state index < -0.39 is 27.9 Å². The number of ether oxygens (including phenoxy) is 3. The van der Waals surface area contributed by atoms with Crippen LogP contribution in [-0.2, 0) is 43.6 Å². The van der Waals surface area contributed by atoms with E-state index in [1.54, 1.807) is 59.5 Å². The number of sulfonamides is 1. The number of benzene rings is 2. The number of nitrogens with two attached hydrogens (primary N) is 1. The number of nitrogen functional groups attached to an aromatic ring is 1. The minimum absolute atomic E-state index is 0.0418. The van der Waals surface area contributed by atoms with Crippen LogP contribution in [0.25, 0.3) is 33.2 Å². The Labute approximate surface area is 390 Å². The molecule has 9 rings (SSSR count). The number of imidazole rings is 1. The number of para-hydroxylation sites is 2. The van der Waals surface area contributed by atoms with Gasteiger partial charge in [-0.05, 0) is 113 Å². The summed E-state index contributed by atoms with van der Waals surface area (Å²) in [6.45, 7) is 7.75. The van der Waals surface area contributed by atoms with E-state index in [0.717, 1.165) is 28.2 Å². The van der Waals surface area contributed by atoms with E-state index in [0.29, 0.717) is 106 Å². The molecule has 1 amide bonds. The fraction of sp³-hybridized carbons (Fsp3) is 0.404. The van der Waals surface area contributed by atoms with E-state index in [2.05, 4.69) is 16.8 Å². The summed E-state index contributed by atoms with van der Waals surface area (Å²) < 4.78 is 49.1. The maximum absolute atomic E-state index is 14.5. The highest BCUT2D eigenvalue weighted by molar-refractivity contribution is 7.91. The smallest absolute Gasteiger partial charge is 0.341 e. The minimum atomic E-state index is -3.60. The van der Waals surface area contributed by atoms with Gasteiger partial charge in [-0.1, -0.05) is 18.2 Å². The number of aryl methyl sites for hydroxylation is 1. The number of hydrogen-bond acceptors (Lipinski definition) is 14. The Balaban J connectivity index is 1.04. The number of thiophene rings is 2. The van der Waals surface area contributed by atoms with Gasteiger partial charge in [-0.3, -0.25) is 4.79 Å². The molecule has 0 radical (unpaired) electrons. The molecule has 2 atom stereocenters. The van der Waals surface area contributed by atoms with Gasteiger partial charge in [-0.15, -0.1) is 22.7 Å². The van der Waals surface area contributed by atoms with E-state index >= 15 is 0 Å². The zero-order valence-electron chi connectivity index (χ0n) is 37.2. The molecule has 1 fully saturated rings. The first-order chi connectivity index (χ1) is 31.9. The Hall–Kier alpha value is -5.73. The van der Waals surface area contributed by atoms with Crippen molar-refractivity contribution in [3.63, 3.8) is 0 Å². The molecule has 7 aromatic rings. The lowest BCUT2D eigenvalue weighted by atomic mass is 9.82. The SMILES string of the molecule is CCOC(=O)c1ccc2c(c1)nc(C1CCN(S(=O)(=O)c3cccs3)CC1)n2C(C)C1CCc2c(sc(NC(=O)c3c(N)n(CCCOC)c4nc5ccccc5nc34)c2C(=O)OCC)C1. The van der Waals surface area contributed by atoms with Gasteiger partial charge in [0.05, 0.1) is 46.4 Å². The zero-order chi connectivity index (χ0) is 46.3. The molecule has 1 aliphatic heterocycles. The highest BCUT2D eigenvalue weighted by atomic mass is 32.2. The van der Waals surface area contributed by atoms with Crippen molar-refractivity contribution in [2.45, 2.75) is 82.0 Å². The Bertz CT molecular complexity index is 3080. The van der Waals surface area contributed by atoms with Crippen LogP contribution < -0.4 is 11.1 Å². The number of anilines is 2. The van der Waals surface area contributed by atoms with Gasteiger partial charge in [0, 0.05) is 50.2 Å². The molecule has 3 N–H and O–H groups in total. The molecular weight excluding hydrogens is 901 g/mol. The lowest BCUT2D eigenvalue weighted by molar-refractivity contribution is 0.0516. The van der Waals surface area contributed by atoms with Gasteiger partial charge in [0.1, 0.15) is 31.9 Å². The number of fused-ring (bicyclic) bond motifs is 4. The fourth-order valence-electron chi connectivity index (χ4n) is 9.51. The van der Waals surface area contributed by atoms with Crippen LogP contribution in [0.5, 0.6) is 0 Å². The molecule has 1 aliphatic carbocycles. The molecule has 1 saturated heterocycles. The number of hydrogen-bond donors (Lipinski definition) is 2.